The van der Waals surface area contributed by atoms with Gasteiger partial charge in [-0.1, -0.05) is 32.4 Å². The fourth-order valence-electron chi connectivity index (χ4n) is 8.20. The normalized spacial score (nSPS) is 46.0. The lowest BCUT2D eigenvalue weighted by Gasteiger charge is -2.58. The van der Waals surface area contributed by atoms with Crippen molar-refractivity contribution in [3.05, 3.63) is 11.6 Å². The summed E-state index contributed by atoms with van der Waals surface area (Å²) < 4.78 is 5.59. The number of carbonyl (C=O) groups is 1. The zero-order chi connectivity index (χ0) is 20.1. The van der Waals surface area contributed by atoms with E-state index in [0.29, 0.717) is 29.3 Å². The summed E-state index contributed by atoms with van der Waals surface area (Å²) in [5.74, 6) is 3.41. The first kappa shape index (κ1) is 20.4. The van der Waals surface area contributed by atoms with Crippen LogP contribution in [-0.4, -0.2) is 23.8 Å². The maximum atomic E-state index is 11.4. The van der Waals surface area contributed by atoms with Gasteiger partial charge < -0.3 is 9.84 Å². The lowest BCUT2D eigenvalue weighted by atomic mass is 9.47. The number of fused-ring (bicyclic) bond motifs is 5. The van der Waals surface area contributed by atoms with Crippen molar-refractivity contribution in [3.8, 4) is 0 Å². The third-order valence-corrected chi connectivity index (χ3v) is 9.71. The highest BCUT2D eigenvalue weighted by molar-refractivity contribution is 5.66. The Morgan fingerprint density at radius 2 is 1.89 bits per heavy atom. The van der Waals surface area contributed by atoms with Crippen molar-refractivity contribution in [2.45, 2.75) is 91.6 Å². The summed E-state index contributed by atoms with van der Waals surface area (Å²) in [6, 6.07) is 0. The van der Waals surface area contributed by atoms with Crippen molar-refractivity contribution < 1.29 is 14.6 Å². The van der Waals surface area contributed by atoms with E-state index < -0.39 is 0 Å². The topological polar surface area (TPSA) is 46.5 Å². The second-order valence-electron chi connectivity index (χ2n) is 11.0. The van der Waals surface area contributed by atoms with Gasteiger partial charge in [-0.3, -0.25) is 4.79 Å². The molecule has 0 aromatic heterocycles. The van der Waals surface area contributed by atoms with Crippen LogP contribution in [0.3, 0.4) is 0 Å². The van der Waals surface area contributed by atoms with E-state index in [9.17, 15) is 9.90 Å². The molecule has 0 radical (unpaired) electrons. The highest BCUT2D eigenvalue weighted by Crippen LogP contribution is 2.66. The summed E-state index contributed by atoms with van der Waals surface area (Å²) in [7, 11) is 0. The summed E-state index contributed by atoms with van der Waals surface area (Å²) in [6.45, 7) is 9.34. The van der Waals surface area contributed by atoms with Gasteiger partial charge in [0.25, 0.3) is 0 Å². The molecule has 3 fully saturated rings. The average molecular weight is 389 g/mol. The van der Waals surface area contributed by atoms with E-state index >= 15 is 0 Å². The van der Waals surface area contributed by atoms with Crippen LogP contribution >= 0.6 is 0 Å². The summed E-state index contributed by atoms with van der Waals surface area (Å²) in [5.41, 5.74) is 2.60. The highest BCUT2D eigenvalue weighted by atomic mass is 16.5. The van der Waals surface area contributed by atoms with Crippen LogP contribution in [0.1, 0.15) is 85.5 Å². The number of hydrogen-bond donors (Lipinski definition) is 1. The average Bonchev–Trinajstić information content (AvgIpc) is 2.99. The van der Waals surface area contributed by atoms with Crippen LogP contribution in [0.5, 0.6) is 0 Å². The number of aliphatic hydroxyl groups excluding tert-OH is 1. The second kappa shape index (κ2) is 7.45. The molecule has 0 aliphatic heterocycles. The lowest BCUT2D eigenvalue weighted by molar-refractivity contribution is -0.152. The van der Waals surface area contributed by atoms with E-state index in [1.807, 2.05) is 0 Å². The lowest BCUT2D eigenvalue weighted by Crippen LogP contribution is -2.50. The molecule has 0 bridgehead atoms. The Hall–Kier alpha value is -0.830. The van der Waals surface area contributed by atoms with Crippen LogP contribution in [0.4, 0.5) is 0 Å². The molecule has 0 spiro atoms. The standard InChI is InChI=1S/C25H40O3/c1-16(11-14-26)21-7-8-22-20-6-5-18-15-19(28-17(2)27)9-12-24(18,3)23(20)10-13-25(21,22)4/h6,16,18-19,21-23,26H,5,7-15H2,1-4H3/t16-,18?,19+,21-,22+,23+,24+,25-/m1/s1. The minimum absolute atomic E-state index is 0.122. The van der Waals surface area contributed by atoms with Gasteiger partial charge in [0.15, 0.2) is 0 Å². The van der Waals surface area contributed by atoms with Gasteiger partial charge in [-0.05, 0) is 98.2 Å². The quantitative estimate of drug-likeness (QED) is 0.510. The predicted octanol–water partition coefficient (Wildman–Crippen LogP) is 5.52. The van der Waals surface area contributed by atoms with E-state index in [-0.39, 0.29) is 12.1 Å². The number of allylic oxidation sites excluding steroid dienone is 2. The van der Waals surface area contributed by atoms with Crippen LogP contribution in [-0.2, 0) is 9.53 Å². The summed E-state index contributed by atoms with van der Waals surface area (Å²) in [6.07, 6.45) is 13.5. The van der Waals surface area contributed by atoms with Gasteiger partial charge >= 0.3 is 5.97 Å². The number of esters is 1. The van der Waals surface area contributed by atoms with Gasteiger partial charge in [0.1, 0.15) is 6.10 Å². The molecule has 3 nitrogen and oxygen atoms in total. The van der Waals surface area contributed by atoms with Gasteiger partial charge in [0, 0.05) is 13.5 Å². The van der Waals surface area contributed by atoms with E-state index in [2.05, 4.69) is 26.8 Å². The largest absolute Gasteiger partial charge is 0.463 e. The minimum Gasteiger partial charge on any atom is -0.463 e. The predicted molar refractivity (Wildman–Crippen MR) is 112 cm³/mol. The van der Waals surface area contributed by atoms with Gasteiger partial charge in [0.05, 0.1) is 0 Å². The van der Waals surface area contributed by atoms with Crippen molar-refractivity contribution in [2.75, 3.05) is 6.61 Å². The molecule has 1 N–H and O–H groups in total. The molecular weight excluding hydrogens is 348 g/mol. The van der Waals surface area contributed by atoms with Crippen LogP contribution in [0, 0.1) is 40.4 Å². The van der Waals surface area contributed by atoms with Gasteiger partial charge in [-0.2, -0.15) is 0 Å². The Kier molecular flexibility index (Phi) is 5.44. The monoisotopic (exact) mass is 388 g/mol. The smallest absolute Gasteiger partial charge is 0.302 e. The van der Waals surface area contributed by atoms with Gasteiger partial charge in [-0.25, -0.2) is 0 Å². The van der Waals surface area contributed by atoms with Crippen LogP contribution in [0.2, 0.25) is 0 Å². The summed E-state index contributed by atoms with van der Waals surface area (Å²) in [4.78, 5) is 11.4. The molecule has 28 heavy (non-hydrogen) atoms. The molecule has 0 amide bonds. The molecule has 0 aromatic carbocycles. The number of carbonyl (C=O) groups excluding carboxylic acids is 1. The second-order valence-corrected chi connectivity index (χ2v) is 11.0. The van der Waals surface area contributed by atoms with Crippen LogP contribution < -0.4 is 0 Å². The Morgan fingerprint density at radius 3 is 2.61 bits per heavy atom. The fraction of sp³-hybridized carbons (Fsp3) is 0.880. The Labute approximate surface area is 171 Å². The number of ether oxygens (including phenoxy) is 1. The third kappa shape index (κ3) is 3.16. The minimum atomic E-state index is -0.122. The van der Waals surface area contributed by atoms with Gasteiger partial charge in [-0.15, -0.1) is 0 Å². The molecule has 4 aliphatic rings. The Bertz CT molecular complexity index is 640. The zero-order valence-corrected chi connectivity index (χ0v) is 18.4. The zero-order valence-electron chi connectivity index (χ0n) is 18.4. The molecule has 0 aromatic rings. The molecule has 3 saturated carbocycles. The number of aliphatic hydroxyl groups is 1. The first-order valence-corrected chi connectivity index (χ1v) is 11.8. The van der Waals surface area contributed by atoms with Crippen molar-refractivity contribution in [1.82, 2.24) is 0 Å². The maximum absolute atomic E-state index is 11.4. The SMILES string of the molecule is CC(=O)O[C@H]1CC[C@@]2(C)C(CC=C3[C@@H]4CC[C@H]([C@H](C)CCO)[C@@]4(C)CC[C@@H]32)C1. The molecule has 4 rings (SSSR count). The van der Waals surface area contributed by atoms with Crippen LogP contribution in [0.25, 0.3) is 0 Å². The molecule has 1 unspecified atom stereocenters. The first-order valence-electron chi connectivity index (χ1n) is 11.8. The molecule has 8 atom stereocenters. The van der Waals surface area contributed by atoms with E-state index in [1.165, 1.54) is 38.5 Å². The maximum Gasteiger partial charge on any atom is 0.302 e. The summed E-state index contributed by atoms with van der Waals surface area (Å²) in [5, 5.41) is 9.46. The Balaban J connectivity index is 1.55. The Morgan fingerprint density at radius 1 is 1.18 bits per heavy atom. The summed E-state index contributed by atoms with van der Waals surface area (Å²) >= 11 is 0. The van der Waals surface area contributed by atoms with E-state index in [4.69, 9.17) is 4.74 Å². The molecule has 4 aliphatic carbocycles. The molecule has 3 heteroatoms. The van der Waals surface area contributed by atoms with Crippen LogP contribution in [0.15, 0.2) is 11.6 Å². The molecule has 0 saturated heterocycles. The van der Waals surface area contributed by atoms with E-state index in [1.54, 1.807) is 12.5 Å². The van der Waals surface area contributed by atoms with Crippen molar-refractivity contribution in [3.63, 3.8) is 0 Å². The number of rotatable bonds is 4. The third-order valence-electron chi connectivity index (χ3n) is 9.71. The van der Waals surface area contributed by atoms with Crippen molar-refractivity contribution in [1.29, 1.82) is 0 Å². The number of hydrogen-bond acceptors (Lipinski definition) is 3. The van der Waals surface area contributed by atoms with Crippen molar-refractivity contribution in [2.24, 2.45) is 40.4 Å². The molecule has 158 valence electrons. The van der Waals surface area contributed by atoms with Gasteiger partial charge in [0.2, 0.25) is 0 Å². The molecule has 0 heterocycles. The fourth-order valence-corrected chi connectivity index (χ4v) is 8.20. The molecular formula is C25H40O3. The van der Waals surface area contributed by atoms with E-state index in [0.717, 1.165) is 37.0 Å². The highest BCUT2D eigenvalue weighted by Gasteiger charge is 2.58. The first-order chi connectivity index (χ1) is 13.3. The van der Waals surface area contributed by atoms with Crippen molar-refractivity contribution >= 4 is 5.97 Å².